The Kier molecular flexibility index (Phi) is 3.78. The van der Waals surface area contributed by atoms with Gasteiger partial charge in [0, 0.05) is 39.6 Å². The number of pyridine rings is 1. The fourth-order valence-corrected chi connectivity index (χ4v) is 3.64. The van der Waals surface area contributed by atoms with Gasteiger partial charge in [0.05, 0.1) is 0 Å². The molecule has 0 aromatic carbocycles. The van der Waals surface area contributed by atoms with Crippen LogP contribution < -0.4 is 5.32 Å². The Morgan fingerprint density at radius 2 is 2.10 bits per heavy atom. The van der Waals surface area contributed by atoms with Gasteiger partial charge in [-0.15, -0.1) is 11.3 Å². The molecule has 3 heterocycles. The summed E-state index contributed by atoms with van der Waals surface area (Å²) in [5.74, 6) is 0. The van der Waals surface area contributed by atoms with E-state index >= 15 is 0 Å². The van der Waals surface area contributed by atoms with Crippen molar-refractivity contribution in [3.63, 3.8) is 0 Å². The van der Waals surface area contributed by atoms with Crippen molar-refractivity contribution in [1.82, 2.24) is 20.5 Å². The summed E-state index contributed by atoms with van der Waals surface area (Å²) in [5.41, 5.74) is 4.43. The van der Waals surface area contributed by atoms with Gasteiger partial charge in [-0.1, -0.05) is 0 Å². The van der Waals surface area contributed by atoms with Crippen molar-refractivity contribution in [2.45, 2.75) is 40.3 Å². The number of fused-ring (bicyclic) bond motifs is 1. The fraction of sp³-hybridized carbons (Fsp3) is 0.375. The summed E-state index contributed by atoms with van der Waals surface area (Å²) < 4.78 is 0. The molecule has 5 heteroatoms. The summed E-state index contributed by atoms with van der Waals surface area (Å²) in [6, 6.07) is 4.78. The van der Waals surface area contributed by atoms with Crippen molar-refractivity contribution in [2.24, 2.45) is 0 Å². The molecule has 110 valence electrons. The summed E-state index contributed by atoms with van der Waals surface area (Å²) in [6.45, 7) is 9.39. The number of hydrogen-bond acceptors (Lipinski definition) is 4. The largest absolute Gasteiger partial charge is 0.306 e. The number of rotatable bonds is 4. The van der Waals surface area contributed by atoms with E-state index in [1.54, 1.807) is 0 Å². The lowest BCUT2D eigenvalue weighted by Crippen LogP contribution is -2.18. The maximum absolute atomic E-state index is 4.39. The number of aromatic amines is 1. The third-order valence-electron chi connectivity index (χ3n) is 3.82. The van der Waals surface area contributed by atoms with Gasteiger partial charge in [-0.05, 0) is 51.0 Å². The van der Waals surface area contributed by atoms with E-state index in [-0.39, 0.29) is 0 Å². The van der Waals surface area contributed by atoms with Crippen LogP contribution in [-0.2, 0) is 6.54 Å². The topological polar surface area (TPSA) is 53.6 Å². The van der Waals surface area contributed by atoms with Crippen molar-refractivity contribution in [3.05, 3.63) is 44.9 Å². The van der Waals surface area contributed by atoms with Gasteiger partial charge in [-0.25, -0.2) is 4.98 Å². The maximum atomic E-state index is 4.39. The van der Waals surface area contributed by atoms with Gasteiger partial charge in [-0.3, -0.25) is 5.10 Å². The molecule has 3 aromatic heterocycles. The Bertz CT molecular complexity index is 772. The predicted octanol–water partition coefficient (Wildman–Crippen LogP) is 3.80. The minimum Gasteiger partial charge on any atom is -0.306 e. The first kappa shape index (κ1) is 14.2. The van der Waals surface area contributed by atoms with Crippen LogP contribution in [0.2, 0.25) is 0 Å². The van der Waals surface area contributed by atoms with E-state index < -0.39 is 0 Å². The zero-order valence-corrected chi connectivity index (χ0v) is 13.6. The Morgan fingerprint density at radius 3 is 2.81 bits per heavy atom. The molecule has 0 aliphatic carbocycles. The van der Waals surface area contributed by atoms with Crippen molar-refractivity contribution in [3.8, 4) is 0 Å². The first-order valence-electron chi connectivity index (χ1n) is 7.14. The molecule has 0 fully saturated rings. The number of hydrogen-bond donors (Lipinski definition) is 2. The van der Waals surface area contributed by atoms with Gasteiger partial charge in [0.25, 0.3) is 0 Å². The molecule has 0 radical (unpaired) electrons. The molecule has 0 bridgehead atoms. The Morgan fingerprint density at radius 1 is 1.29 bits per heavy atom. The van der Waals surface area contributed by atoms with Gasteiger partial charge in [0.15, 0.2) is 5.65 Å². The molecule has 0 spiro atoms. The van der Waals surface area contributed by atoms with Gasteiger partial charge >= 0.3 is 0 Å². The van der Waals surface area contributed by atoms with E-state index in [9.17, 15) is 0 Å². The first-order chi connectivity index (χ1) is 10.0. The second-order valence-corrected chi connectivity index (χ2v) is 6.99. The molecule has 3 rings (SSSR count). The van der Waals surface area contributed by atoms with Crippen LogP contribution in [0.4, 0.5) is 0 Å². The third kappa shape index (κ3) is 2.84. The third-order valence-corrected chi connectivity index (χ3v) is 4.80. The Labute approximate surface area is 128 Å². The Balaban J connectivity index is 1.73. The van der Waals surface area contributed by atoms with Crippen LogP contribution >= 0.6 is 11.3 Å². The quantitative estimate of drug-likeness (QED) is 0.770. The number of H-pyrrole nitrogens is 1. The fourth-order valence-electron chi connectivity index (χ4n) is 2.62. The zero-order valence-electron chi connectivity index (χ0n) is 12.8. The molecule has 4 nitrogen and oxygen atoms in total. The van der Waals surface area contributed by atoms with Crippen LogP contribution in [0, 0.1) is 20.8 Å². The summed E-state index contributed by atoms with van der Waals surface area (Å²) in [4.78, 5) is 7.16. The van der Waals surface area contributed by atoms with Gasteiger partial charge < -0.3 is 5.32 Å². The molecule has 0 saturated carbocycles. The molecule has 0 aliphatic heterocycles. The van der Waals surface area contributed by atoms with Crippen molar-refractivity contribution in [1.29, 1.82) is 0 Å². The molecule has 1 atom stereocenters. The highest BCUT2D eigenvalue weighted by molar-refractivity contribution is 7.12. The lowest BCUT2D eigenvalue weighted by atomic mass is 10.1. The second kappa shape index (κ2) is 5.58. The number of nitrogens with one attached hydrogen (secondary N) is 2. The van der Waals surface area contributed by atoms with Crippen LogP contribution in [0.3, 0.4) is 0 Å². The maximum Gasteiger partial charge on any atom is 0.181 e. The van der Waals surface area contributed by atoms with Gasteiger partial charge in [0.2, 0.25) is 0 Å². The highest BCUT2D eigenvalue weighted by atomic mass is 32.1. The van der Waals surface area contributed by atoms with E-state index in [1.807, 2.05) is 24.5 Å². The van der Waals surface area contributed by atoms with E-state index in [1.165, 1.54) is 20.9 Å². The van der Waals surface area contributed by atoms with E-state index in [0.717, 1.165) is 23.3 Å². The number of thiophene rings is 1. The lowest BCUT2D eigenvalue weighted by molar-refractivity contribution is 0.573. The normalized spacial score (nSPS) is 13.0. The van der Waals surface area contributed by atoms with Gasteiger partial charge in [0.1, 0.15) is 0 Å². The van der Waals surface area contributed by atoms with Crippen LogP contribution in [0.25, 0.3) is 11.0 Å². The molecular formula is C16H20N4S. The number of aryl methyl sites for hydroxylation is 3. The van der Waals surface area contributed by atoms with E-state index in [2.05, 4.69) is 53.4 Å². The molecule has 21 heavy (non-hydrogen) atoms. The van der Waals surface area contributed by atoms with E-state index in [4.69, 9.17) is 0 Å². The van der Waals surface area contributed by atoms with Crippen molar-refractivity contribution < 1.29 is 0 Å². The molecular weight excluding hydrogens is 280 g/mol. The van der Waals surface area contributed by atoms with Crippen LogP contribution in [0.15, 0.2) is 18.3 Å². The highest BCUT2D eigenvalue weighted by Gasteiger charge is 2.11. The first-order valence-corrected chi connectivity index (χ1v) is 7.96. The summed E-state index contributed by atoms with van der Waals surface area (Å²) in [5, 5.41) is 11.8. The zero-order chi connectivity index (χ0) is 15.0. The molecule has 0 aliphatic rings. The van der Waals surface area contributed by atoms with Crippen LogP contribution in [0.5, 0.6) is 0 Å². The average Bonchev–Trinajstić information content (AvgIpc) is 2.99. The molecule has 0 saturated heterocycles. The highest BCUT2D eigenvalue weighted by Crippen LogP contribution is 2.26. The SMILES string of the molecule is Cc1cc([C@H](C)NCc2cnc3n[nH]c(C)c3c2)c(C)s1. The van der Waals surface area contributed by atoms with Gasteiger partial charge in [-0.2, -0.15) is 5.10 Å². The molecule has 3 aromatic rings. The van der Waals surface area contributed by atoms with Crippen LogP contribution in [0.1, 0.15) is 39.5 Å². The number of nitrogens with zero attached hydrogens (tertiary/aromatic N) is 2. The second-order valence-electron chi connectivity index (χ2n) is 5.53. The standard InChI is InChI=1S/C16H20N4S/c1-9-5-14(12(4)21-9)10(2)17-7-13-6-15-11(3)19-20-16(15)18-8-13/h5-6,8,10,17H,7H2,1-4H3,(H,18,19,20)/t10-/m0/s1. The molecule has 0 unspecified atom stereocenters. The van der Waals surface area contributed by atoms with Crippen molar-refractivity contribution >= 4 is 22.4 Å². The summed E-state index contributed by atoms with van der Waals surface area (Å²) >= 11 is 1.86. The smallest absolute Gasteiger partial charge is 0.181 e. The minimum atomic E-state index is 0.344. The summed E-state index contributed by atoms with van der Waals surface area (Å²) in [7, 11) is 0. The van der Waals surface area contributed by atoms with Crippen LogP contribution in [-0.4, -0.2) is 15.2 Å². The van der Waals surface area contributed by atoms with Crippen molar-refractivity contribution in [2.75, 3.05) is 0 Å². The summed E-state index contributed by atoms with van der Waals surface area (Å²) in [6.07, 6.45) is 1.90. The minimum absolute atomic E-state index is 0.344. The number of aromatic nitrogens is 3. The lowest BCUT2D eigenvalue weighted by Gasteiger charge is -2.13. The monoisotopic (exact) mass is 300 g/mol. The predicted molar refractivity (Wildman–Crippen MR) is 87.7 cm³/mol. The molecule has 0 amide bonds. The average molecular weight is 300 g/mol. The Hall–Kier alpha value is -1.72. The molecule has 2 N–H and O–H groups in total. The van der Waals surface area contributed by atoms with E-state index in [0.29, 0.717) is 6.04 Å².